The van der Waals surface area contributed by atoms with Gasteiger partial charge in [-0.1, -0.05) is 6.07 Å². The average molecular weight is 342 g/mol. The van der Waals surface area contributed by atoms with Gasteiger partial charge in [0, 0.05) is 27.2 Å². The van der Waals surface area contributed by atoms with Gasteiger partial charge in [-0.2, -0.15) is 4.98 Å². The molecule has 1 aliphatic heterocycles. The third-order valence-electron chi connectivity index (χ3n) is 4.49. The van der Waals surface area contributed by atoms with E-state index in [9.17, 15) is 4.39 Å². The van der Waals surface area contributed by atoms with Gasteiger partial charge in [0.2, 0.25) is 5.89 Å². The summed E-state index contributed by atoms with van der Waals surface area (Å²) in [6.07, 6.45) is 3.39. The molecule has 0 radical (unpaired) electrons. The van der Waals surface area contributed by atoms with E-state index in [1.165, 1.54) is 12.4 Å². The lowest BCUT2D eigenvalue weighted by Crippen LogP contribution is -2.35. The van der Waals surface area contributed by atoms with Crippen LogP contribution >= 0.6 is 0 Å². The van der Waals surface area contributed by atoms with Gasteiger partial charge >= 0.3 is 0 Å². The Morgan fingerprint density at radius 3 is 2.96 bits per heavy atom. The first-order valence-electron chi connectivity index (χ1n) is 8.28. The van der Waals surface area contributed by atoms with E-state index < -0.39 is 0 Å². The standard InChI is InChI=1S/C17H19FN6O/c1-23(2)17-21-16(25-22-17)11-5-4-8-24(9-11)15-14-12(18)6-3-7-13(14)19-10-20-15/h3,6-7,10-11H,4-5,8-9H2,1-2H3. The first-order chi connectivity index (χ1) is 12.1. The first-order valence-corrected chi connectivity index (χ1v) is 8.28. The highest BCUT2D eigenvalue weighted by atomic mass is 19.1. The highest BCUT2D eigenvalue weighted by Gasteiger charge is 2.28. The van der Waals surface area contributed by atoms with E-state index in [0.717, 1.165) is 19.4 Å². The summed E-state index contributed by atoms with van der Waals surface area (Å²) in [6, 6.07) is 4.90. The van der Waals surface area contributed by atoms with Crippen LogP contribution in [0, 0.1) is 5.82 Å². The molecule has 1 aromatic carbocycles. The van der Waals surface area contributed by atoms with Crippen molar-refractivity contribution >= 4 is 22.7 Å². The van der Waals surface area contributed by atoms with Crippen molar-refractivity contribution in [3.05, 3.63) is 36.2 Å². The fourth-order valence-electron chi connectivity index (χ4n) is 3.24. The third-order valence-corrected chi connectivity index (χ3v) is 4.49. The molecule has 25 heavy (non-hydrogen) atoms. The number of aromatic nitrogens is 4. The van der Waals surface area contributed by atoms with Gasteiger partial charge in [-0.25, -0.2) is 14.4 Å². The highest BCUT2D eigenvalue weighted by Crippen LogP contribution is 2.32. The van der Waals surface area contributed by atoms with Crippen LogP contribution in [0.15, 0.2) is 29.0 Å². The Morgan fingerprint density at radius 2 is 2.16 bits per heavy atom. The van der Waals surface area contributed by atoms with Crippen LogP contribution in [-0.2, 0) is 0 Å². The molecule has 8 heteroatoms. The molecule has 1 saturated heterocycles. The van der Waals surface area contributed by atoms with Crippen molar-refractivity contribution in [3.8, 4) is 0 Å². The van der Waals surface area contributed by atoms with Gasteiger partial charge in [0.15, 0.2) is 0 Å². The molecule has 0 spiro atoms. The van der Waals surface area contributed by atoms with Crippen LogP contribution in [0.2, 0.25) is 0 Å². The monoisotopic (exact) mass is 342 g/mol. The lowest BCUT2D eigenvalue weighted by Gasteiger charge is -2.32. The SMILES string of the molecule is CN(C)c1noc(C2CCCN(c3ncnc4cccc(F)c34)C2)n1. The molecule has 0 saturated carbocycles. The summed E-state index contributed by atoms with van der Waals surface area (Å²) in [6.45, 7) is 1.47. The van der Waals surface area contributed by atoms with Crippen molar-refractivity contribution in [2.45, 2.75) is 18.8 Å². The average Bonchev–Trinajstić information content (AvgIpc) is 3.12. The first kappa shape index (κ1) is 15.7. The minimum atomic E-state index is -0.303. The fourth-order valence-corrected chi connectivity index (χ4v) is 3.24. The van der Waals surface area contributed by atoms with E-state index >= 15 is 0 Å². The molecule has 130 valence electrons. The maximum atomic E-state index is 14.4. The molecule has 4 rings (SSSR count). The van der Waals surface area contributed by atoms with E-state index in [2.05, 4.69) is 25.0 Å². The van der Waals surface area contributed by atoms with E-state index in [1.807, 2.05) is 14.1 Å². The van der Waals surface area contributed by atoms with Gasteiger partial charge in [0.1, 0.15) is 18.0 Å². The molecule has 0 aliphatic carbocycles. The van der Waals surface area contributed by atoms with Crippen molar-refractivity contribution in [2.24, 2.45) is 0 Å². The molecule has 0 N–H and O–H groups in total. The van der Waals surface area contributed by atoms with Gasteiger partial charge in [0.25, 0.3) is 5.95 Å². The summed E-state index contributed by atoms with van der Waals surface area (Å²) < 4.78 is 19.8. The number of fused-ring (bicyclic) bond motifs is 1. The summed E-state index contributed by atoms with van der Waals surface area (Å²) in [7, 11) is 3.75. The van der Waals surface area contributed by atoms with Gasteiger partial charge in [-0.15, -0.1) is 0 Å². The zero-order valence-corrected chi connectivity index (χ0v) is 14.2. The predicted molar refractivity (Wildman–Crippen MR) is 92.3 cm³/mol. The number of rotatable bonds is 3. The van der Waals surface area contributed by atoms with Crippen LogP contribution in [-0.4, -0.2) is 47.3 Å². The summed E-state index contributed by atoms with van der Waals surface area (Å²) in [5.74, 6) is 1.60. The molecule has 2 aromatic heterocycles. The number of hydrogen-bond acceptors (Lipinski definition) is 7. The number of hydrogen-bond donors (Lipinski definition) is 0. The summed E-state index contributed by atoms with van der Waals surface area (Å²) >= 11 is 0. The Bertz CT molecular complexity index is 890. The third kappa shape index (κ3) is 2.88. The van der Waals surface area contributed by atoms with E-state index in [0.29, 0.717) is 35.1 Å². The van der Waals surface area contributed by atoms with E-state index in [4.69, 9.17) is 4.52 Å². The number of piperidine rings is 1. The second-order valence-electron chi connectivity index (χ2n) is 6.44. The summed E-state index contributed by atoms with van der Waals surface area (Å²) in [5.41, 5.74) is 0.611. The Kier molecular flexibility index (Phi) is 3.95. The zero-order valence-electron chi connectivity index (χ0n) is 14.2. The molecule has 7 nitrogen and oxygen atoms in total. The number of benzene rings is 1. The lowest BCUT2D eigenvalue weighted by atomic mass is 9.97. The quantitative estimate of drug-likeness (QED) is 0.724. The van der Waals surface area contributed by atoms with Crippen molar-refractivity contribution < 1.29 is 8.91 Å². The van der Waals surface area contributed by atoms with Crippen LogP contribution in [0.3, 0.4) is 0 Å². The highest BCUT2D eigenvalue weighted by molar-refractivity contribution is 5.89. The summed E-state index contributed by atoms with van der Waals surface area (Å²) in [5, 5.41) is 4.45. The maximum absolute atomic E-state index is 14.4. The molecule has 1 fully saturated rings. The van der Waals surface area contributed by atoms with Crippen molar-refractivity contribution in [1.29, 1.82) is 0 Å². The number of halogens is 1. The smallest absolute Gasteiger partial charge is 0.265 e. The molecular weight excluding hydrogens is 323 g/mol. The zero-order chi connectivity index (χ0) is 17.4. The van der Waals surface area contributed by atoms with Crippen LogP contribution in [0.5, 0.6) is 0 Å². The van der Waals surface area contributed by atoms with Crippen LogP contribution < -0.4 is 9.80 Å². The Balaban J connectivity index is 1.65. The largest absolute Gasteiger partial charge is 0.355 e. The lowest BCUT2D eigenvalue weighted by molar-refractivity contribution is 0.333. The van der Waals surface area contributed by atoms with Crippen LogP contribution in [0.25, 0.3) is 10.9 Å². The fraction of sp³-hybridized carbons (Fsp3) is 0.412. The molecule has 0 amide bonds. The normalized spacial score (nSPS) is 17.9. The minimum absolute atomic E-state index is 0.103. The van der Waals surface area contributed by atoms with Crippen molar-refractivity contribution in [3.63, 3.8) is 0 Å². The maximum Gasteiger partial charge on any atom is 0.265 e. The van der Waals surface area contributed by atoms with Gasteiger partial charge < -0.3 is 14.3 Å². The van der Waals surface area contributed by atoms with Gasteiger partial charge in [-0.3, -0.25) is 0 Å². The topological polar surface area (TPSA) is 71.2 Å². The number of anilines is 2. The van der Waals surface area contributed by atoms with E-state index in [-0.39, 0.29) is 11.7 Å². The Labute approximate surface area is 144 Å². The van der Waals surface area contributed by atoms with Crippen molar-refractivity contribution in [1.82, 2.24) is 20.1 Å². The van der Waals surface area contributed by atoms with Gasteiger partial charge in [-0.05, 0) is 30.1 Å². The molecule has 1 unspecified atom stereocenters. The minimum Gasteiger partial charge on any atom is -0.355 e. The van der Waals surface area contributed by atoms with Crippen LogP contribution in [0.4, 0.5) is 16.2 Å². The number of nitrogens with zero attached hydrogens (tertiary/aromatic N) is 6. The molecule has 0 bridgehead atoms. The molecule has 1 aliphatic rings. The second kappa shape index (κ2) is 6.27. The Hall–Kier alpha value is -2.77. The van der Waals surface area contributed by atoms with Crippen LogP contribution in [0.1, 0.15) is 24.7 Å². The Morgan fingerprint density at radius 1 is 1.28 bits per heavy atom. The molecule has 3 heterocycles. The molecule has 1 atom stereocenters. The van der Waals surface area contributed by atoms with Crippen molar-refractivity contribution in [2.75, 3.05) is 37.0 Å². The predicted octanol–water partition coefficient (Wildman–Crippen LogP) is 2.60. The van der Waals surface area contributed by atoms with Gasteiger partial charge in [0.05, 0.1) is 16.8 Å². The molecular formula is C17H19FN6O. The second-order valence-corrected chi connectivity index (χ2v) is 6.44. The molecule has 3 aromatic rings. The summed E-state index contributed by atoms with van der Waals surface area (Å²) in [4.78, 5) is 16.9. The van der Waals surface area contributed by atoms with E-state index in [1.54, 1.807) is 17.0 Å².